The molecule has 10 heteroatoms. The maximum absolute atomic E-state index is 12.5. The number of benzene rings is 1. The second-order valence-electron chi connectivity index (χ2n) is 7.12. The van der Waals surface area contributed by atoms with Gasteiger partial charge in [0, 0.05) is 19.8 Å². The Bertz CT molecular complexity index is 960. The number of fused-ring (bicyclic) bond motifs is 1. The van der Waals surface area contributed by atoms with E-state index < -0.39 is 34.3 Å². The lowest BCUT2D eigenvalue weighted by atomic mass is 9.85. The third kappa shape index (κ3) is 3.90. The van der Waals surface area contributed by atoms with Crippen LogP contribution in [0.3, 0.4) is 0 Å². The summed E-state index contributed by atoms with van der Waals surface area (Å²) in [7, 11) is 0.323. The van der Waals surface area contributed by atoms with Gasteiger partial charge in [-0.1, -0.05) is 12.2 Å². The number of carbonyl (C=O) groups is 3. The summed E-state index contributed by atoms with van der Waals surface area (Å²) in [6, 6.07) is 4.20. The molecule has 1 fully saturated rings. The van der Waals surface area contributed by atoms with Crippen molar-refractivity contribution in [3.8, 4) is 5.75 Å². The van der Waals surface area contributed by atoms with Crippen LogP contribution in [0.1, 0.15) is 12.8 Å². The first-order valence-corrected chi connectivity index (χ1v) is 10.5. The minimum absolute atomic E-state index is 0.104. The monoisotopic (exact) mass is 421 g/mol. The average Bonchev–Trinajstić information content (AvgIpc) is 2.93. The standard InChI is InChI=1S/C19H23N3O6S/c1-21(2)29(26,27)16-10-12(8-9-15(16)28-3)20-17(23)11-22-18(24)13-6-4-5-7-14(13)19(22)25/h4-5,8-10,13-14H,6-7,11H2,1-3H3,(H,20,23)/t13-,14-/m0/s1. The lowest BCUT2D eigenvalue weighted by Gasteiger charge is -2.17. The quantitative estimate of drug-likeness (QED) is 0.538. The van der Waals surface area contributed by atoms with Crippen LogP contribution in [-0.2, 0) is 24.4 Å². The summed E-state index contributed by atoms with van der Waals surface area (Å²) < 4.78 is 31.1. The number of likely N-dealkylation sites (tertiary alicyclic amines) is 1. The van der Waals surface area contributed by atoms with Gasteiger partial charge in [-0.25, -0.2) is 12.7 Å². The Kier molecular flexibility index (Phi) is 5.76. The lowest BCUT2D eigenvalue weighted by molar-refractivity contribution is -0.142. The number of imide groups is 1. The first-order chi connectivity index (χ1) is 13.7. The van der Waals surface area contributed by atoms with Gasteiger partial charge in [-0.05, 0) is 31.0 Å². The van der Waals surface area contributed by atoms with E-state index in [1.54, 1.807) is 0 Å². The molecule has 0 radical (unpaired) electrons. The van der Waals surface area contributed by atoms with E-state index in [0.29, 0.717) is 12.8 Å². The van der Waals surface area contributed by atoms with Crippen LogP contribution < -0.4 is 10.1 Å². The molecule has 0 bridgehead atoms. The topological polar surface area (TPSA) is 113 Å². The van der Waals surface area contributed by atoms with E-state index in [1.807, 2.05) is 12.2 Å². The van der Waals surface area contributed by atoms with E-state index in [2.05, 4.69) is 5.32 Å². The number of hydrogen-bond acceptors (Lipinski definition) is 6. The second-order valence-corrected chi connectivity index (χ2v) is 9.24. The zero-order chi connectivity index (χ0) is 21.3. The second kappa shape index (κ2) is 7.96. The third-order valence-corrected chi connectivity index (χ3v) is 6.94. The van der Waals surface area contributed by atoms with Crippen molar-refractivity contribution in [3.05, 3.63) is 30.4 Å². The summed E-state index contributed by atoms with van der Waals surface area (Å²) in [5.74, 6) is -1.94. The van der Waals surface area contributed by atoms with Crippen molar-refractivity contribution >= 4 is 33.4 Å². The smallest absolute Gasteiger partial charge is 0.246 e. The van der Waals surface area contributed by atoms with Gasteiger partial charge in [-0.3, -0.25) is 19.3 Å². The minimum Gasteiger partial charge on any atom is -0.495 e. The molecule has 1 heterocycles. The summed E-state index contributed by atoms with van der Waals surface area (Å²) in [4.78, 5) is 38.3. The Morgan fingerprint density at radius 1 is 1.17 bits per heavy atom. The van der Waals surface area contributed by atoms with Crippen molar-refractivity contribution in [3.63, 3.8) is 0 Å². The molecule has 1 N–H and O–H groups in total. The molecule has 2 atom stereocenters. The fourth-order valence-corrected chi connectivity index (χ4v) is 4.60. The number of nitrogens with zero attached hydrogens (tertiary/aromatic N) is 2. The largest absolute Gasteiger partial charge is 0.495 e. The summed E-state index contributed by atoms with van der Waals surface area (Å²) >= 11 is 0. The highest BCUT2D eigenvalue weighted by molar-refractivity contribution is 7.89. The fourth-order valence-electron chi connectivity index (χ4n) is 3.52. The molecule has 0 saturated carbocycles. The van der Waals surface area contributed by atoms with E-state index in [-0.39, 0.29) is 28.1 Å². The number of nitrogens with one attached hydrogen (secondary N) is 1. The number of allylic oxidation sites excluding steroid dienone is 2. The Labute approximate surface area is 169 Å². The fraction of sp³-hybridized carbons (Fsp3) is 0.421. The van der Waals surface area contributed by atoms with Crippen molar-refractivity contribution < 1.29 is 27.5 Å². The Hall–Kier alpha value is -2.72. The predicted octanol–water partition coefficient (Wildman–Crippen LogP) is 0.835. The van der Waals surface area contributed by atoms with E-state index in [1.165, 1.54) is 39.4 Å². The average molecular weight is 421 g/mol. The van der Waals surface area contributed by atoms with Crippen molar-refractivity contribution in [2.75, 3.05) is 33.1 Å². The van der Waals surface area contributed by atoms with Crippen LogP contribution >= 0.6 is 0 Å². The molecule has 0 spiro atoms. The molecular weight excluding hydrogens is 398 g/mol. The van der Waals surface area contributed by atoms with Crippen LogP contribution in [0.5, 0.6) is 5.75 Å². The van der Waals surface area contributed by atoms with Gasteiger partial charge in [-0.15, -0.1) is 0 Å². The minimum atomic E-state index is -3.80. The Morgan fingerprint density at radius 2 is 1.76 bits per heavy atom. The molecule has 1 saturated heterocycles. The highest BCUT2D eigenvalue weighted by Crippen LogP contribution is 2.35. The molecule has 2 aliphatic rings. The molecule has 1 aliphatic heterocycles. The van der Waals surface area contributed by atoms with Crippen LogP contribution in [0, 0.1) is 11.8 Å². The highest BCUT2D eigenvalue weighted by Gasteiger charge is 2.47. The molecule has 1 aromatic carbocycles. The highest BCUT2D eigenvalue weighted by atomic mass is 32.2. The summed E-state index contributed by atoms with van der Waals surface area (Å²) in [5.41, 5.74) is 0.217. The van der Waals surface area contributed by atoms with Crippen LogP contribution in [0.4, 0.5) is 5.69 Å². The molecule has 0 aromatic heterocycles. The number of anilines is 1. The molecule has 156 valence electrons. The molecule has 3 rings (SSSR count). The summed E-state index contributed by atoms with van der Waals surface area (Å²) in [6.45, 7) is -0.410. The molecule has 1 aromatic rings. The van der Waals surface area contributed by atoms with Crippen LogP contribution in [-0.4, -0.2) is 63.1 Å². The molecule has 9 nitrogen and oxygen atoms in total. The maximum Gasteiger partial charge on any atom is 0.246 e. The van der Waals surface area contributed by atoms with Gasteiger partial charge in [0.15, 0.2) is 0 Å². The Morgan fingerprint density at radius 3 is 2.28 bits per heavy atom. The van der Waals surface area contributed by atoms with Gasteiger partial charge < -0.3 is 10.1 Å². The number of sulfonamides is 1. The summed E-state index contributed by atoms with van der Waals surface area (Å²) in [5, 5.41) is 2.55. The van der Waals surface area contributed by atoms with Crippen LogP contribution in [0.2, 0.25) is 0 Å². The van der Waals surface area contributed by atoms with Gasteiger partial charge in [-0.2, -0.15) is 0 Å². The van der Waals surface area contributed by atoms with Crippen LogP contribution in [0.15, 0.2) is 35.2 Å². The number of methoxy groups -OCH3 is 1. The molecule has 29 heavy (non-hydrogen) atoms. The van der Waals surface area contributed by atoms with Crippen molar-refractivity contribution in [2.24, 2.45) is 11.8 Å². The number of rotatable bonds is 6. The van der Waals surface area contributed by atoms with Gasteiger partial charge in [0.25, 0.3) is 0 Å². The predicted molar refractivity (Wildman–Crippen MR) is 105 cm³/mol. The van der Waals surface area contributed by atoms with Gasteiger partial charge in [0.1, 0.15) is 17.2 Å². The lowest BCUT2D eigenvalue weighted by Crippen LogP contribution is -2.38. The number of ether oxygens (including phenoxy) is 1. The van der Waals surface area contributed by atoms with Crippen molar-refractivity contribution in [1.82, 2.24) is 9.21 Å². The molecule has 0 unspecified atom stereocenters. The zero-order valence-corrected chi connectivity index (χ0v) is 17.2. The molecule has 3 amide bonds. The van der Waals surface area contributed by atoms with E-state index >= 15 is 0 Å². The van der Waals surface area contributed by atoms with E-state index in [9.17, 15) is 22.8 Å². The third-order valence-electron chi connectivity index (χ3n) is 5.11. The van der Waals surface area contributed by atoms with Crippen molar-refractivity contribution in [2.45, 2.75) is 17.7 Å². The number of carbonyl (C=O) groups excluding carboxylic acids is 3. The first kappa shape index (κ1) is 21.0. The first-order valence-electron chi connectivity index (χ1n) is 9.07. The SMILES string of the molecule is COc1ccc(NC(=O)CN2C(=O)[C@H]3CC=CC[C@@H]3C2=O)cc1S(=O)(=O)N(C)C. The zero-order valence-electron chi connectivity index (χ0n) is 16.4. The normalized spacial score (nSPS) is 21.4. The molecular formula is C19H23N3O6S. The van der Waals surface area contributed by atoms with Crippen molar-refractivity contribution in [1.29, 1.82) is 0 Å². The van der Waals surface area contributed by atoms with Gasteiger partial charge in [0.2, 0.25) is 27.7 Å². The van der Waals surface area contributed by atoms with E-state index in [0.717, 1.165) is 9.21 Å². The number of hydrogen-bond donors (Lipinski definition) is 1. The van der Waals surface area contributed by atoms with Gasteiger partial charge >= 0.3 is 0 Å². The van der Waals surface area contributed by atoms with Gasteiger partial charge in [0.05, 0.1) is 18.9 Å². The summed E-state index contributed by atoms with van der Waals surface area (Å²) in [6.07, 6.45) is 4.75. The molecule has 1 aliphatic carbocycles. The van der Waals surface area contributed by atoms with E-state index in [4.69, 9.17) is 4.74 Å². The Balaban J connectivity index is 1.76. The maximum atomic E-state index is 12.5. The van der Waals surface area contributed by atoms with Crippen LogP contribution in [0.25, 0.3) is 0 Å². The number of amides is 3.